The number of alkyl carbamates (subject to hydrolysis) is 3. The van der Waals surface area contributed by atoms with Crippen LogP contribution in [0.2, 0.25) is 0 Å². The first-order valence-electron chi connectivity index (χ1n) is 38.8. The van der Waals surface area contributed by atoms with Crippen molar-refractivity contribution in [3.8, 4) is 0 Å². The predicted molar refractivity (Wildman–Crippen MR) is 462 cm³/mol. The highest BCUT2D eigenvalue weighted by Gasteiger charge is 2.43. The molecule has 0 saturated carbocycles. The van der Waals surface area contributed by atoms with E-state index >= 15 is 0 Å². The first-order chi connectivity index (χ1) is 59.0. The van der Waals surface area contributed by atoms with Gasteiger partial charge in [-0.3, -0.25) is 55.7 Å². The van der Waals surface area contributed by atoms with Gasteiger partial charge in [-0.05, 0) is 81.6 Å². The highest BCUT2D eigenvalue weighted by Crippen LogP contribution is 2.59. The number of benzene rings is 3. The van der Waals surface area contributed by atoms with E-state index in [1.54, 1.807) is 101 Å². The largest absolute Gasteiger partial charge is 0.505 e. The molecule has 3 aromatic carbocycles. The summed E-state index contributed by atoms with van der Waals surface area (Å²) in [6, 6.07) is 20.7. The average Bonchev–Trinajstić information content (AvgIpc) is 0.828. The van der Waals surface area contributed by atoms with Gasteiger partial charge in [-0.2, -0.15) is 4.89 Å². The molecule has 0 aliphatic heterocycles. The number of esters is 4. The Bertz CT molecular complexity index is 4210. The van der Waals surface area contributed by atoms with E-state index in [1.165, 1.54) is 7.11 Å². The van der Waals surface area contributed by atoms with E-state index in [2.05, 4.69) is 25.4 Å². The SMILES string of the molecule is CC.CCOC(=O)CC(CP(=O)(OCC)OCC)P(=O)(O)CC[C@H](NC(=O)OCc1ccccc1)C(=O)OC.CCOP(=O)(CCP(=O)(O)CC[C@H](NC(=O)OCc1ccccc1)C(=O)OC)OCC.COC(=O)[C@H](CC[P+](=O)O)NC(=O)OCc1ccccc1.N[C@@H](CCP(=O)(O)C(CC(=O)O)CP(=O)(O)O)C(=O)O.N[C@@H](CCP(=O)(O)CCP(=O)(O)O)C(=O)O. The van der Waals surface area contributed by atoms with Gasteiger partial charge in [-0.25, -0.2) is 28.8 Å². The maximum absolute atomic E-state index is 13.4. The number of carboxylic acids is 3. The highest BCUT2D eigenvalue weighted by molar-refractivity contribution is 7.62. The molecule has 728 valence electrons. The summed E-state index contributed by atoms with van der Waals surface area (Å²) >= 11 is 0. The van der Waals surface area contributed by atoms with Crippen molar-refractivity contribution in [1.29, 1.82) is 0 Å². The Labute approximate surface area is 736 Å². The zero-order valence-electron chi connectivity index (χ0n) is 71.9. The predicted octanol–water partition coefficient (Wildman–Crippen LogP) is 8.01. The molecule has 7 unspecified atom stereocenters. The Morgan fingerprint density at radius 2 is 0.709 bits per heavy atom. The van der Waals surface area contributed by atoms with E-state index in [9.17, 15) is 109 Å². The van der Waals surface area contributed by atoms with Crippen LogP contribution in [0.4, 0.5) is 14.4 Å². The summed E-state index contributed by atoms with van der Waals surface area (Å²) < 4.78 is 161. The van der Waals surface area contributed by atoms with Crippen molar-refractivity contribution in [2.45, 2.75) is 155 Å². The van der Waals surface area contributed by atoms with Crippen LogP contribution in [0.15, 0.2) is 91.0 Å². The van der Waals surface area contributed by atoms with E-state index in [-0.39, 0.29) is 109 Å². The van der Waals surface area contributed by atoms with Crippen molar-refractivity contribution in [3.63, 3.8) is 0 Å². The van der Waals surface area contributed by atoms with Crippen molar-refractivity contribution < 1.29 is 200 Å². The number of methoxy groups -OCH3 is 3. The standard InChI is InChI=1S/C23H37NO11P2.C19H31NO9P2.C13H16NO6P.C8H17NO9P2.C6H15NO7P2.C2H6/c1-5-32-21(25)15-19(17-37(30,34-6-2)35-7-3)36(28,29)14-13-20(22(26)31-4)24-23(27)33-16-18-11-9-8-10-12-18;1-4-28-31(25,29-5-2)14-13-30(23,24)12-11-17(18(21)26-3)20-19(22)27-15-16-9-7-6-8-10-16;1-19-12(15)11(7-8-21(17)18)14-13(16)20-9-10-5-3-2-4-6-10;9-6(8(12)13)1-2-19(14,15)5(3-7(10)11)4-20(16,17)18;7-5(6(8)9)1-2-15(10,11)3-4-16(12,13)14;1-2/h8-12,19-20H,5-7,13-17H2,1-4H3,(H,24,27)(H,28,29);6-10,17H,4-5,11-15H2,1-3H3,(H,20,22)(H,23,24);2-6,11H,7-9H2,1H3,(H-,14,16,17,18);5-6H,1-4,9H2,(H,10,11)(H,12,13)(H,14,15)(H2,16,17,18);5H,1-4,7H2,(H,8,9)(H,10,11)(H2,12,13,14);1-2H3/p+1/t19?,20-;17-;11-;5?,6-;5-;/m00000./s1. The Balaban J connectivity index is -0.00000155. The molecule has 3 aromatic rings. The molecule has 12 atom stereocenters. The fourth-order valence-corrected chi connectivity index (χ4v) is 26.2. The fourth-order valence-electron chi connectivity index (χ4n) is 9.76. The van der Waals surface area contributed by atoms with Crippen LogP contribution in [0.5, 0.6) is 0 Å². The van der Waals surface area contributed by atoms with Crippen molar-refractivity contribution >= 4 is 128 Å². The summed E-state index contributed by atoms with van der Waals surface area (Å²) in [7, 11) is -31.2. The minimum atomic E-state index is -4.68. The number of hydrogen-bond acceptors (Lipinski definition) is 32. The quantitative estimate of drug-likeness (QED) is 0.0144. The molecule has 0 spiro atoms. The molecular formula is C71H123N5O42P9+. The monoisotopic (exact) mass is 2000 g/mol. The van der Waals surface area contributed by atoms with Gasteiger partial charge in [0.1, 0.15) is 50.0 Å². The number of amides is 3. The minimum absolute atomic E-state index is 0.00118. The second kappa shape index (κ2) is 65.6. The smallest absolute Gasteiger partial charge is 0.481 e. The van der Waals surface area contributed by atoms with Crippen LogP contribution in [-0.4, -0.2) is 283 Å². The molecule has 19 N–H and O–H groups in total. The topological polar surface area (TPSA) is 757 Å². The number of nitrogens with one attached hydrogen (secondary N) is 3. The van der Waals surface area contributed by atoms with Crippen LogP contribution >= 0.6 is 67.9 Å². The molecule has 127 heavy (non-hydrogen) atoms. The van der Waals surface area contributed by atoms with Crippen LogP contribution < -0.4 is 27.4 Å². The van der Waals surface area contributed by atoms with Gasteiger partial charge < -0.3 is 133 Å². The van der Waals surface area contributed by atoms with Crippen LogP contribution in [-0.2, 0) is 146 Å². The second-order valence-corrected chi connectivity index (χ2v) is 45.7. The molecule has 0 aliphatic carbocycles. The first kappa shape index (κ1) is 124. The van der Waals surface area contributed by atoms with Crippen LogP contribution in [0.1, 0.15) is 110 Å². The molecular weight excluding hydrogens is 1870 g/mol. The summed E-state index contributed by atoms with van der Waals surface area (Å²) in [5.74, 6) is -7.24. The third-order valence-corrected chi connectivity index (χ3v) is 32.7. The van der Waals surface area contributed by atoms with Gasteiger partial charge in [0.15, 0.2) is 6.16 Å². The average molecular weight is 2000 g/mol. The lowest BCUT2D eigenvalue weighted by Gasteiger charge is -2.27. The number of nitrogens with two attached hydrogens (primary N) is 2. The Morgan fingerprint density at radius 1 is 0.394 bits per heavy atom. The molecule has 0 radical (unpaired) electrons. The second-order valence-electron chi connectivity index (χ2n) is 26.2. The van der Waals surface area contributed by atoms with Gasteiger partial charge in [0.2, 0.25) is 29.5 Å². The van der Waals surface area contributed by atoms with Crippen molar-refractivity contribution in [3.05, 3.63) is 108 Å². The summed E-state index contributed by atoms with van der Waals surface area (Å²) in [5, 5.41) is 32.6. The van der Waals surface area contributed by atoms with Gasteiger partial charge in [0.25, 0.3) is 0 Å². The Hall–Kier alpha value is -6.90. The van der Waals surface area contributed by atoms with Crippen LogP contribution in [0.25, 0.3) is 0 Å². The highest BCUT2D eigenvalue weighted by atomic mass is 31.2. The zero-order valence-corrected chi connectivity index (χ0v) is 79.9. The lowest BCUT2D eigenvalue weighted by atomic mass is 10.2. The van der Waals surface area contributed by atoms with E-state index < -0.39 is 226 Å². The van der Waals surface area contributed by atoms with Crippen molar-refractivity contribution in [1.82, 2.24) is 16.0 Å². The molecule has 0 bridgehead atoms. The van der Waals surface area contributed by atoms with Crippen LogP contribution in [0.3, 0.4) is 0 Å². The molecule has 3 rings (SSSR count). The fraction of sp³-hybridized carbons (Fsp3) is 0.606. The van der Waals surface area contributed by atoms with E-state index in [0.717, 1.165) is 30.9 Å². The first-order valence-corrected chi connectivity index (χ1v) is 55.1. The molecule has 0 fully saturated rings. The Morgan fingerprint density at radius 3 is 1.02 bits per heavy atom. The van der Waals surface area contributed by atoms with Gasteiger partial charge in [0, 0.05) is 43.4 Å². The molecule has 0 aromatic heterocycles. The normalized spacial score (nSPS) is 14.9. The van der Waals surface area contributed by atoms with Crippen molar-refractivity contribution in [2.75, 3.05) is 122 Å². The third-order valence-electron chi connectivity index (χ3n) is 16.2. The molecule has 3 amide bonds. The number of carbonyl (C=O) groups is 10. The summed E-state index contributed by atoms with van der Waals surface area (Å²) in [6.07, 6.45) is -10.3. The summed E-state index contributed by atoms with van der Waals surface area (Å²) in [5.41, 5.74) is 9.58. The molecule has 0 aliphatic rings. The molecule has 56 heteroatoms. The van der Waals surface area contributed by atoms with Gasteiger partial charge in [0.05, 0.1) is 103 Å². The van der Waals surface area contributed by atoms with Crippen molar-refractivity contribution in [2.24, 2.45) is 11.5 Å². The number of rotatable bonds is 54. The van der Waals surface area contributed by atoms with E-state index in [0.29, 0.717) is 0 Å². The number of hydrogen-bond donors (Lipinski definition) is 17. The third kappa shape index (κ3) is 62.2. The van der Waals surface area contributed by atoms with Crippen LogP contribution in [0, 0.1) is 0 Å². The Kier molecular flexibility index (Phi) is 64.2. The number of aliphatic carboxylic acids is 3. The van der Waals surface area contributed by atoms with E-state index in [4.69, 9.17) is 93.0 Å². The number of carboxylic acid groups (broad SMARTS) is 3. The van der Waals surface area contributed by atoms with Gasteiger partial charge >= 0.3 is 98.5 Å². The van der Waals surface area contributed by atoms with E-state index in [1.807, 2.05) is 38.1 Å². The number of carbonyl (C=O) groups excluding carboxylic acids is 7. The lowest BCUT2D eigenvalue weighted by Crippen LogP contribution is -2.42. The molecule has 0 heterocycles. The van der Waals surface area contributed by atoms with Gasteiger partial charge in [-0.15, -0.1) is 0 Å². The number of ether oxygens (including phenoxy) is 7. The zero-order chi connectivity index (χ0) is 98.0. The maximum Gasteiger partial charge on any atom is 0.505 e. The summed E-state index contributed by atoms with van der Waals surface area (Å²) in [4.78, 5) is 199. The molecule has 0 saturated heterocycles. The lowest BCUT2D eigenvalue weighted by molar-refractivity contribution is -0.144. The van der Waals surface area contributed by atoms with Gasteiger partial charge in [-0.1, -0.05) is 105 Å². The minimum Gasteiger partial charge on any atom is -0.481 e. The maximum atomic E-state index is 13.4. The summed E-state index contributed by atoms with van der Waals surface area (Å²) in [6.45, 7) is 12.5. The molecule has 47 nitrogen and oxygen atoms in total.